The van der Waals surface area contributed by atoms with Crippen LogP contribution in [-0.4, -0.2) is 39.1 Å². The van der Waals surface area contributed by atoms with Crippen LogP contribution in [-0.2, 0) is 9.53 Å². The van der Waals surface area contributed by atoms with Gasteiger partial charge in [-0.3, -0.25) is 4.79 Å². The molecular weight excluding hydrogens is 424 g/mol. The molecular formula is C20H18N4O4S2. The van der Waals surface area contributed by atoms with Crippen LogP contribution in [0.15, 0.2) is 33.2 Å². The summed E-state index contributed by atoms with van der Waals surface area (Å²) < 4.78 is 10.5. The summed E-state index contributed by atoms with van der Waals surface area (Å²) in [6, 6.07) is 5.43. The third kappa shape index (κ3) is 4.75. The van der Waals surface area contributed by atoms with Crippen molar-refractivity contribution in [3.8, 4) is 17.7 Å². The molecule has 0 aliphatic rings. The van der Waals surface area contributed by atoms with E-state index in [4.69, 9.17) is 9.15 Å². The number of nitriles is 1. The molecule has 3 aromatic rings. The van der Waals surface area contributed by atoms with Gasteiger partial charge in [-0.25, -0.2) is 19.7 Å². The van der Waals surface area contributed by atoms with Gasteiger partial charge in [0.25, 0.3) is 0 Å². The zero-order valence-electron chi connectivity index (χ0n) is 16.5. The molecule has 0 saturated carbocycles. The van der Waals surface area contributed by atoms with Crippen LogP contribution < -0.4 is 0 Å². The van der Waals surface area contributed by atoms with E-state index in [9.17, 15) is 14.9 Å². The summed E-state index contributed by atoms with van der Waals surface area (Å²) in [5, 5.41) is 12.0. The number of ether oxygens (including phenoxy) is 1. The lowest BCUT2D eigenvalue weighted by Crippen LogP contribution is -2.15. The average molecular weight is 443 g/mol. The predicted octanol–water partition coefficient (Wildman–Crippen LogP) is 3.96. The standard InChI is InChI=1S/C20H18N4O4S2/c1-4-27-20(26)16-12(3)23-17(15-6-5-7-28-15)24-19(16)30-10-14(25)13(8-21)18-22-11(2)9-29-18/h5-7,9,13H,4,10H2,1-3H3/t13-/m1/s1. The number of hydrogen-bond donors (Lipinski definition) is 0. The van der Waals surface area contributed by atoms with Crippen LogP contribution in [0.3, 0.4) is 0 Å². The number of aryl methyl sites for hydroxylation is 2. The van der Waals surface area contributed by atoms with Gasteiger partial charge in [0.05, 0.1) is 30.4 Å². The summed E-state index contributed by atoms with van der Waals surface area (Å²) in [6.45, 7) is 5.37. The second kappa shape index (κ2) is 9.65. The molecule has 0 spiro atoms. The van der Waals surface area contributed by atoms with Crippen LogP contribution in [0.25, 0.3) is 11.6 Å². The molecule has 3 rings (SSSR count). The fourth-order valence-electron chi connectivity index (χ4n) is 2.60. The van der Waals surface area contributed by atoms with Gasteiger partial charge in [-0.2, -0.15) is 5.26 Å². The van der Waals surface area contributed by atoms with E-state index in [1.807, 2.05) is 6.07 Å². The molecule has 0 radical (unpaired) electrons. The normalized spacial score (nSPS) is 11.7. The molecule has 0 aliphatic carbocycles. The number of Topliss-reactive ketones (excluding diaryl/α,β-unsaturated/α-hetero) is 1. The molecule has 0 saturated heterocycles. The molecule has 8 nitrogen and oxygen atoms in total. The van der Waals surface area contributed by atoms with Crippen LogP contribution in [0.1, 0.15) is 39.6 Å². The number of esters is 1. The van der Waals surface area contributed by atoms with Crippen molar-refractivity contribution in [2.75, 3.05) is 12.4 Å². The maximum absolute atomic E-state index is 12.7. The van der Waals surface area contributed by atoms with E-state index in [1.165, 1.54) is 17.6 Å². The van der Waals surface area contributed by atoms with E-state index < -0.39 is 11.9 Å². The molecule has 3 aromatic heterocycles. The number of thioether (sulfide) groups is 1. The van der Waals surface area contributed by atoms with Gasteiger partial charge in [-0.15, -0.1) is 11.3 Å². The maximum Gasteiger partial charge on any atom is 0.342 e. The summed E-state index contributed by atoms with van der Waals surface area (Å²) in [5.74, 6) is -1.17. The lowest BCUT2D eigenvalue weighted by atomic mass is 10.1. The monoisotopic (exact) mass is 442 g/mol. The van der Waals surface area contributed by atoms with Crippen molar-refractivity contribution in [2.45, 2.75) is 31.7 Å². The van der Waals surface area contributed by atoms with Gasteiger partial charge >= 0.3 is 5.97 Å². The van der Waals surface area contributed by atoms with E-state index in [0.717, 1.165) is 17.5 Å². The van der Waals surface area contributed by atoms with E-state index in [-0.39, 0.29) is 23.7 Å². The predicted molar refractivity (Wildman–Crippen MR) is 111 cm³/mol. The molecule has 0 N–H and O–H groups in total. The summed E-state index contributed by atoms with van der Waals surface area (Å²) in [7, 11) is 0. The number of nitrogens with zero attached hydrogens (tertiary/aromatic N) is 4. The van der Waals surface area contributed by atoms with Gasteiger partial charge in [0.1, 0.15) is 15.6 Å². The largest absolute Gasteiger partial charge is 0.462 e. The van der Waals surface area contributed by atoms with Gasteiger partial charge in [-0.05, 0) is 32.9 Å². The summed E-state index contributed by atoms with van der Waals surface area (Å²) in [4.78, 5) is 38.2. The highest BCUT2D eigenvalue weighted by molar-refractivity contribution is 8.00. The summed E-state index contributed by atoms with van der Waals surface area (Å²) in [5.41, 5.74) is 1.37. The number of thiazole rings is 1. The third-order valence-electron chi connectivity index (χ3n) is 3.96. The molecule has 0 aliphatic heterocycles. The number of aromatic nitrogens is 3. The average Bonchev–Trinajstić information content (AvgIpc) is 3.39. The Labute approximate surface area is 181 Å². The molecule has 10 heteroatoms. The molecule has 0 bridgehead atoms. The van der Waals surface area contributed by atoms with Crippen molar-refractivity contribution in [1.82, 2.24) is 15.0 Å². The van der Waals surface area contributed by atoms with Gasteiger partial charge in [-0.1, -0.05) is 11.8 Å². The Bertz CT molecular complexity index is 1100. The quantitative estimate of drug-likeness (QED) is 0.290. The number of rotatable bonds is 8. The van der Waals surface area contributed by atoms with Gasteiger partial charge in [0.15, 0.2) is 23.3 Å². The zero-order chi connectivity index (χ0) is 21.7. The number of hydrogen-bond acceptors (Lipinski definition) is 10. The van der Waals surface area contributed by atoms with Crippen LogP contribution >= 0.6 is 23.1 Å². The van der Waals surface area contributed by atoms with Crippen molar-refractivity contribution in [1.29, 1.82) is 5.26 Å². The topological polar surface area (TPSA) is 119 Å². The number of furan rings is 1. The minimum absolute atomic E-state index is 0.0582. The van der Waals surface area contributed by atoms with Crippen molar-refractivity contribution >= 4 is 34.9 Å². The SMILES string of the molecule is CCOC(=O)c1c(C)nc(-c2ccco2)nc1SCC(=O)[C@@H](C#N)c1nc(C)cs1. The van der Waals surface area contributed by atoms with E-state index in [2.05, 4.69) is 15.0 Å². The van der Waals surface area contributed by atoms with Crippen LogP contribution in [0.5, 0.6) is 0 Å². The van der Waals surface area contributed by atoms with Crippen molar-refractivity contribution in [3.63, 3.8) is 0 Å². The lowest BCUT2D eigenvalue weighted by molar-refractivity contribution is -0.116. The van der Waals surface area contributed by atoms with Crippen molar-refractivity contribution in [3.05, 3.63) is 45.7 Å². The number of carbonyl (C=O) groups excluding carboxylic acids is 2. The number of ketones is 1. The zero-order valence-corrected chi connectivity index (χ0v) is 18.2. The highest BCUT2D eigenvalue weighted by atomic mass is 32.2. The second-order valence-electron chi connectivity index (χ2n) is 6.15. The second-order valence-corrected chi connectivity index (χ2v) is 8.01. The molecule has 0 amide bonds. The van der Waals surface area contributed by atoms with Crippen LogP contribution in [0, 0.1) is 25.2 Å². The highest BCUT2D eigenvalue weighted by Gasteiger charge is 2.26. The van der Waals surface area contributed by atoms with Gasteiger partial charge in [0.2, 0.25) is 0 Å². The minimum Gasteiger partial charge on any atom is -0.462 e. The molecule has 1 atom stereocenters. The Morgan fingerprint density at radius 1 is 1.33 bits per heavy atom. The first kappa shape index (κ1) is 21.7. The Morgan fingerprint density at radius 3 is 2.73 bits per heavy atom. The first-order valence-corrected chi connectivity index (χ1v) is 10.9. The fourth-order valence-corrected chi connectivity index (χ4v) is 4.43. The Balaban J connectivity index is 1.90. The first-order chi connectivity index (χ1) is 14.4. The first-order valence-electron chi connectivity index (χ1n) is 9.01. The maximum atomic E-state index is 12.7. The van der Waals surface area contributed by atoms with Crippen molar-refractivity contribution < 1.29 is 18.7 Å². The Hall–Kier alpha value is -3.03. The molecule has 30 heavy (non-hydrogen) atoms. The van der Waals surface area contributed by atoms with Gasteiger partial charge < -0.3 is 9.15 Å². The molecule has 3 heterocycles. The van der Waals surface area contributed by atoms with Gasteiger partial charge in [0, 0.05) is 11.1 Å². The van der Waals surface area contributed by atoms with Crippen LogP contribution in [0.2, 0.25) is 0 Å². The number of carbonyl (C=O) groups is 2. The van der Waals surface area contributed by atoms with E-state index >= 15 is 0 Å². The van der Waals surface area contributed by atoms with Crippen molar-refractivity contribution in [2.24, 2.45) is 0 Å². The minimum atomic E-state index is -0.963. The lowest BCUT2D eigenvalue weighted by Gasteiger charge is -2.12. The Kier molecular flexibility index (Phi) is 6.97. The summed E-state index contributed by atoms with van der Waals surface area (Å²) in [6.07, 6.45) is 1.50. The third-order valence-corrected chi connectivity index (χ3v) is 5.99. The highest BCUT2D eigenvalue weighted by Crippen LogP contribution is 2.29. The smallest absolute Gasteiger partial charge is 0.342 e. The Morgan fingerprint density at radius 2 is 2.13 bits per heavy atom. The molecule has 154 valence electrons. The fraction of sp³-hybridized carbons (Fsp3) is 0.300. The van der Waals surface area contributed by atoms with E-state index in [0.29, 0.717) is 27.3 Å². The molecule has 0 unspecified atom stereocenters. The summed E-state index contributed by atoms with van der Waals surface area (Å²) >= 11 is 2.34. The molecule has 0 aromatic carbocycles. The van der Waals surface area contributed by atoms with Crippen LogP contribution in [0.4, 0.5) is 0 Å². The molecule has 0 fully saturated rings. The van der Waals surface area contributed by atoms with E-state index in [1.54, 1.807) is 38.3 Å².